The number of nitrogens with zero attached hydrogens (tertiary/aromatic N) is 1. The summed E-state index contributed by atoms with van der Waals surface area (Å²) in [6.07, 6.45) is 0. The zero-order chi connectivity index (χ0) is 26.6. The Kier molecular flexibility index (Phi) is 6.69. The van der Waals surface area contributed by atoms with Gasteiger partial charge in [-0.3, -0.25) is 9.59 Å². The van der Waals surface area contributed by atoms with Crippen LogP contribution in [0.3, 0.4) is 0 Å². The van der Waals surface area contributed by atoms with Crippen LogP contribution >= 0.6 is 11.8 Å². The second-order valence-corrected chi connectivity index (χ2v) is 11.5. The molecule has 3 aromatic rings. The molecular weight excluding hydrogens is 515 g/mol. The van der Waals surface area contributed by atoms with Crippen LogP contribution in [0.4, 0.5) is 13.2 Å². The quantitative estimate of drug-likeness (QED) is 0.260. The number of alkyl halides is 3. The van der Waals surface area contributed by atoms with Crippen LogP contribution in [0, 0.1) is 0 Å². The van der Waals surface area contributed by atoms with Gasteiger partial charge in [-0.15, -0.1) is 9.35 Å². The lowest BCUT2D eigenvalue weighted by molar-refractivity contribution is -0.0761. The Morgan fingerprint density at radius 3 is 2.06 bits per heavy atom. The summed E-state index contributed by atoms with van der Waals surface area (Å²) in [5.74, 6) is -2.00. The lowest BCUT2D eigenvalue weighted by atomic mass is 9.95. The highest BCUT2D eigenvalue weighted by Gasteiger charge is 2.51. The maximum atomic E-state index is 12.9. The van der Waals surface area contributed by atoms with Gasteiger partial charge in [-0.1, -0.05) is 63.7 Å². The predicted octanol–water partition coefficient (Wildman–Crippen LogP) is 6.62. The van der Waals surface area contributed by atoms with Crippen molar-refractivity contribution in [2.24, 2.45) is 0 Å². The Hall–Kier alpha value is -2.89. The maximum absolute atomic E-state index is 12.9. The largest absolute Gasteiger partial charge is 0.525 e. The topological polar surface area (TPSA) is 80.8 Å². The molecule has 0 saturated heterocycles. The summed E-state index contributed by atoms with van der Waals surface area (Å²) in [7, 11) is -6.23. The first-order valence-electron chi connectivity index (χ1n) is 11.0. The van der Waals surface area contributed by atoms with E-state index in [1.54, 1.807) is 12.1 Å². The van der Waals surface area contributed by atoms with Crippen molar-refractivity contribution >= 4 is 44.5 Å². The van der Waals surface area contributed by atoms with Crippen LogP contribution in [0.1, 0.15) is 71.4 Å². The lowest BCUT2D eigenvalue weighted by Gasteiger charge is -2.26. The molecule has 0 N–H and O–H groups in total. The minimum atomic E-state index is -6.23. The number of carbonyl (C=O) groups excluding carboxylic acids is 2. The van der Waals surface area contributed by atoms with Crippen LogP contribution in [-0.2, 0) is 14.4 Å². The zero-order valence-corrected chi connectivity index (χ0v) is 21.3. The molecule has 190 valence electrons. The summed E-state index contributed by atoms with van der Waals surface area (Å²) in [4.78, 5) is 27.5. The number of halogens is 3. The molecule has 1 aliphatic heterocycles. The first kappa shape index (κ1) is 26.2. The van der Waals surface area contributed by atoms with Crippen LogP contribution in [0.5, 0.6) is 0 Å². The van der Waals surface area contributed by atoms with Gasteiger partial charge in [-0.05, 0) is 52.6 Å². The Morgan fingerprint density at radius 2 is 1.47 bits per heavy atom. The van der Waals surface area contributed by atoms with Crippen molar-refractivity contribution in [2.75, 3.05) is 0 Å². The molecule has 1 aliphatic rings. The highest BCUT2D eigenvalue weighted by molar-refractivity contribution is 7.99. The van der Waals surface area contributed by atoms with Gasteiger partial charge in [0.2, 0.25) is 0 Å². The third kappa shape index (κ3) is 4.51. The van der Waals surface area contributed by atoms with Gasteiger partial charge in [0.25, 0.3) is 11.8 Å². The van der Waals surface area contributed by atoms with Crippen molar-refractivity contribution < 1.29 is 35.5 Å². The molecule has 0 bridgehead atoms. The van der Waals surface area contributed by atoms with E-state index in [0.29, 0.717) is 11.3 Å². The second kappa shape index (κ2) is 9.20. The van der Waals surface area contributed by atoms with E-state index in [1.807, 2.05) is 12.1 Å². The third-order valence-electron chi connectivity index (χ3n) is 5.83. The maximum Gasteiger partial charge on any atom is 0.525 e. The van der Waals surface area contributed by atoms with Crippen molar-refractivity contribution in [3.05, 3.63) is 70.8 Å². The van der Waals surface area contributed by atoms with Gasteiger partial charge < -0.3 is 0 Å². The van der Waals surface area contributed by atoms with Gasteiger partial charge in [0, 0.05) is 15.2 Å². The first-order chi connectivity index (χ1) is 16.7. The average Bonchev–Trinajstić information content (AvgIpc) is 2.80. The van der Waals surface area contributed by atoms with Gasteiger partial charge in [-0.2, -0.15) is 21.6 Å². The molecule has 0 saturated carbocycles. The van der Waals surface area contributed by atoms with Crippen molar-refractivity contribution in [2.45, 2.75) is 54.8 Å². The second-order valence-electron chi connectivity index (χ2n) is 8.93. The fourth-order valence-corrected chi connectivity index (χ4v) is 5.55. The van der Waals surface area contributed by atoms with Gasteiger partial charge in [-0.25, -0.2) is 0 Å². The molecule has 0 aromatic heterocycles. The Morgan fingerprint density at radius 1 is 0.861 bits per heavy atom. The van der Waals surface area contributed by atoms with Gasteiger partial charge in [0.05, 0.1) is 11.1 Å². The predicted molar refractivity (Wildman–Crippen MR) is 129 cm³/mol. The van der Waals surface area contributed by atoms with Crippen LogP contribution < -0.4 is 0 Å². The van der Waals surface area contributed by atoms with Gasteiger partial charge in [0.1, 0.15) is 0 Å². The molecule has 36 heavy (non-hydrogen) atoms. The number of imide groups is 1. The Bertz CT molecular complexity index is 1480. The zero-order valence-electron chi connectivity index (χ0n) is 19.7. The van der Waals surface area contributed by atoms with E-state index in [1.165, 1.54) is 35.5 Å². The summed E-state index contributed by atoms with van der Waals surface area (Å²) in [6.45, 7) is 8.39. The SMILES string of the molecule is CC(C)c1ccc(Sc2ccc3c4c(cccc24)C(=O)N(OS(=O)(=O)C(F)(F)F)C3=O)c(C(C)C)c1. The molecule has 0 atom stereocenters. The van der Waals surface area contributed by atoms with Crippen molar-refractivity contribution in [3.63, 3.8) is 0 Å². The molecule has 0 unspecified atom stereocenters. The number of rotatable bonds is 6. The minimum Gasteiger partial charge on any atom is -0.266 e. The van der Waals surface area contributed by atoms with Gasteiger partial charge >= 0.3 is 15.6 Å². The smallest absolute Gasteiger partial charge is 0.266 e. The van der Waals surface area contributed by atoms with Crippen molar-refractivity contribution in [1.82, 2.24) is 5.06 Å². The first-order valence-corrected chi connectivity index (χ1v) is 13.2. The fraction of sp³-hybridized carbons (Fsp3) is 0.280. The molecular formula is C25H22F3NO5S2. The van der Waals surface area contributed by atoms with Crippen LogP contribution in [0.15, 0.2) is 58.3 Å². The van der Waals surface area contributed by atoms with E-state index in [-0.39, 0.29) is 27.5 Å². The fourth-order valence-electron chi connectivity index (χ4n) is 3.93. The van der Waals surface area contributed by atoms with Crippen molar-refractivity contribution in [3.8, 4) is 0 Å². The Labute approximate surface area is 210 Å². The third-order valence-corrected chi connectivity index (χ3v) is 7.91. The molecule has 0 aliphatic carbocycles. The van der Waals surface area contributed by atoms with E-state index in [4.69, 9.17) is 0 Å². The summed E-state index contributed by atoms with van der Waals surface area (Å²) in [6, 6.07) is 13.7. The summed E-state index contributed by atoms with van der Waals surface area (Å²) < 4.78 is 65.3. The summed E-state index contributed by atoms with van der Waals surface area (Å²) in [5.41, 5.74) is -3.75. The number of carbonyl (C=O) groups is 2. The average molecular weight is 538 g/mol. The number of hydroxylamine groups is 2. The van der Waals surface area contributed by atoms with E-state index >= 15 is 0 Å². The summed E-state index contributed by atoms with van der Waals surface area (Å²) >= 11 is 1.45. The van der Waals surface area contributed by atoms with Gasteiger partial charge in [0.15, 0.2) is 0 Å². The van der Waals surface area contributed by atoms with Crippen LogP contribution in [0.25, 0.3) is 10.8 Å². The standard InChI is InChI=1S/C25H22F3NO5S2/c1-13(2)15-8-10-21(19(12-15)14(3)4)35-20-11-9-18-22-16(20)6-5-7-17(22)23(30)29(24(18)31)34-36(32,33)25(26,27)28/h5-14H,1-4H3. The monoisotopic (exact) mass is 537 g/mol. The minimum absolute atomic E-state index is 0.138. The van der Waals surface area contributed by atoms with E-state index in [2.05, 4.69) is 38.0 Å². The van der Waals surface area contributed by atoms with Crippen LogP contribution in [0.2, 0.25) is 0 Å². The molecule has 3 aromatic carbocycles. The number of benzene rings is 3. The molecule has 0 radical (unpaired) electrons. The molecule has 1 heterocycles. The van der Waals surface area contributed by atoms with E-state index < -0.39 is 27.4 Å². The van der Waals surface area contributed by atoms with E-state index in [9.17, 15) is 31.2 Å². The molecule has 0 fully saturated rings. The molecule has 4 rings (SSSR count). The number of hydrogen-bond donors (Lipinski definition) is 0. The van der Waals surface area contributed by atoms with Crippen molar-refractivity contribution in [1.29, 1.82) is 0 Å². The molecule has 6 nitrogen and oxygen atoms in total. The Balaban J connectivity index is 1.80. The molecule has 0 spiro atoms. The van der Waals surface area contributed by atoms with Crippen LogP contribution in [-0.4, -0.2) is 30.8 Å². The molecule has 11 heteroatoms. The highest BCUT2D eigenvalue weighted by Crippen LogP contribution is 2.42. The number of hydrogen-bond acceptors (Lipinski definition) is 6. The summed E-state index contributed by atoms with van der Waals surface area (Å²) in [5, 5.41) is 0.415. The lowest BCUT2D eigenvalue weighted by Crippen LogP contribution is -2.44. The normalized spacial score (nSPS) is 14.4. The number of amides is 2. The molecule has 2 amide bonds. The highest BCUT2D eigenvalue weighted by atomic mass is 32.2. The van der Waals surface area contributed by atoms with E-state index in [0.717, 1.165) is 15.4 Å².